The lowest BCUT2D eigenvalue weighted by Crippen LogP contribution is -2.17. The minimum absolute atomic E-state index is 0.606. The van der Waals surface area contributed by atoms with E-state index in [9.17, 15) is 0 Å². The molecule has 0 aromatic carbocycles. The van der Waals surface area contributed by atoms with Gasteiger partial charge in [-0.3, -0.25) is 0 Å². The second-order valence-corrected chi connectivity index (χ2v) is 2.31. The van der Waals surface area contributed by atoms with Gasteiger partial charge in [0.15, 0.2) is 0 Å². The van der Waals surface area contributed by atoms with Gasteiger partial charge in [-0.05, 0) is 18.5 Å². The summed E-state index contributed by atoms with van der Waals surface area (Å²) in [6, 6.07) is 0.606. The second-order valence-electron chi connectivity index (χ2n) is 2.31. The predicted molar refractivity (Wildman–Crippen MR) is 33.6 cm³/mol. The maximum absolute atomic E-state index is 3.36. The fourth-order valence-electron chi connectivity index (χ4n) is 1.33. The molecule has 2 rings (SSSR count). The smallest absolute Gasteiger partial charge is 0.0472 e. The highest BCUT2D eigenvalue weighted by Gasteiger charge is 2.18. The Hall–Kier alpha value is -0.560. The van der Waals surface area contributed by atoms with Crippen molar-refractivity contribution in [2.45, 2.75) is 12.5 Å². The Morgan fingerprint density at radius 2 is 2.62 bits per heavy atom. The summed E-state index contributed by atoms with van der Waals surface area (Å²) in [5.41, 5.74) is 1.56. The first-order chi connectivity index (χ1) is 3.97. The molecule has 1 saturated heterocycles. The molecule has 1 fully saturated rings. The first-order valence-corrected chi connectivity index (χ1v) is 3.07. The van der Waals surface area contributed by atoms with Gasteiger partial charge in [0.25, 0.3) is 0 Å². The van der Waals surface area contributed by atoms with Crippen molar-refractivity contribution in [2.24, 2.45) is 0 Å². The summed E-state index contributed by atoms with van der Waals surface area (Å²) in [6.07, 6.45) is 7.80. The van der Waals surface area contributed by atoms with Crippen LogP contribution in [0.15, 0.2) is 23.8 Å². The molecule has 1 atom stereocenters. The van der Waals surface area contributed by atoms with E-state index < -0.39 is 0 Å². The minimum atomic E-state index is 0.606. The number of nitrogens with one attached hydrogen (secondary N) is 1. The fraction of sp³-hybridized carbons (Fsp3) is 0.429. The van der Waals surface area contributed by atoms with Gasteiger partial charge in [0.1, 0.15) is 0 Å². The molecule has 2 aliphatic rings. The zero-order valence-electron chi connectivity index (χ0n) is 4.72. The van der Waals surface area contributed by atoms with Crippen molar-refractivity contribution in [3.8, 4) is 0 Å². The predicted octanol–water partition coefficient (Wildman–Crippen LogP) is 0.845. The fourth-order valence-corrected chi connectivity index (χ4v) is 1.33. The lowest BCUT2D eigenvalue weighted by Gasteiger charge is -1.98. The van der Waals surface area contributed by atoms with Crippen molar-refractivity contribution in [3.05, 3.63) is 23.8 Å². The van der Waals surface area contributed by atoms with Gasteiger partial charge in [-0.25, -0.2) is 0 Å². The Balaban J connectivity index is 2.29. The first kappa shape index (κ1) is 4.33. The molecule has 1 N–H and O–H groups in total. The molecule has 0 spiro atoms. The average Bonchev–Trinajstić information content (AvgIpc) is 2.15. The van der Waals surface area contributed by atoms with E-state index in [0.29, 0.717) is 6.04 Å². The Bertz CT molecular complexity index is 156. The van der Waals surface area contributed by atoms with Crippen LogP contribution in [0.2, 0.25) is 0 Å². The van der Waals surface area contributed by atoms with Crippen molar-refractivity contribution in [1.82, 2.24) is 5.32 Å². The second kappa shape index (κ2) is 1.46. The Morgan fingerprint density at radius 3 is 3.50 bits per heavy atom. The Morgan fingerprint density at radius 1 is 1.62 bits per heavy atom. The lowest BCUT2D eigenvalue weighted by molar-refractivity contribution is 0.777. The molecule has 0 aromatic rings. The number of hydrogen-bond donors (Lipinski definition) is 1. The van der Waals surface area contributed by atoms with E-state index >= 15 is 0 Å². The van der Waals surface area contributed by atoms with E-state index in [2.05, 4.69) is 23.5 Å². The van der Waals surface area contributed by atoms with Gasteiger partial charge in [-0.1, -0.05) is 18.2 Å². The van der Waals surface area contributed by atoms with E-state index in [0.717, 1.165) is 0 Å². The highest BCUT2D eigenvalue weighted by Crippen LogP contribution is 2.19. The van der Waals surface area contributed by atoms with E-state index in [1.807, 2.05) is 0 Å². The van der Waals surface area contributed by atoms with Crippen molar-refractivity contribution in [2.75, 3.05) is 6.54 Å². The maximum atomic E-state index is 3.36. The number of hydrogen-bond acceptors (Lipinski definition) is 1. The van der Waals surface area contributed by atoms with Crippen LogP contribution in [0.4, 0.5) is 0 Å². The average molecular weight is 107 g/mol. The van der Waals surface area contributed by atoms with Gasteiger partial charge >= 0.3 is 0 Å². The van der Waals surface area contributed by atoms with E-state index in [-0.39, 0.29) is 0 Å². The topological polar surface area (TPSA) is 12.0 Å². The van der Waals surface area contributed by atoms with Crippen molar-refractivity contribution >= 4 is 0 Å². The van der Waals surface area contributed by atoms with Crippen LogP contribution < -0.4 is 5.32 Å². The number of rotatable bonds is 0. The summed E-state index contributed by atoms with van der Waals surface area (Å²) in [4.78, 5) is 0. The molecule has 1 heteroatoms. The molecule has 0 amide bonds. The number of allylic oxidation sites excluding steroid dienone is 2. The van der Waals surface area contributed by atoms with Crippen LogP contribution in [-0.2, 0) is 0 Å². The van der Waals surface area contributed by atoms with E-state index in [1.54, 1.807) is 5.57 Å². The van der Waals surface area contributed by atoms with Crippen LogP contribution in [0, 0.1) is 0 Å². The van der Waals surface area contributed by atoms with E-state index in [1.165, 1.54) is 13.0 Å². The molecule has 0 aromatic heterocycles. The van der Waals surface area contributed by atoms with Crippen LogP contribution in [0.5, 0.6) is 0 Å². The normalized spacial score (nSPS) is 33.0. The molecule has 0 radical (unpaired) electrons. The van der Waals surface area contributed by atoms with E-state index in [4.69, 9.17) is 0 Å². The SMILES string of the molecule is C1=CC2NCCC2=C1. The highest BCUT2D eigenvalue weighted by atomic mass is 14.9. The van der Waals surface area contributed by atoms with Crippen molar-refractivity contribution in [3.63, 3.8) is 0 Å². The molecule has 0 saturated carbocycles. The Labute approximate surface area is 49.1 Å². The van der Waals surface area contributed by atoms with Crippen LogP contribution >= 0.6 is 0 Å². The van der Waals surface area contributed by atoms with Crippen molar-refractivity contribution < 1.29 is 0 Å². The zero-order valence-corrected chi connectivity index (χ0v) is 4.72. The van der Waals surface area contributed by atoms with Crippen molar-refractivity contribution in [1.29, 1.82) is 0 Å². The molecule has 1 unspecified atom stereocenters. The monoisotopic (exact) mass is 107 g/mol. The van der Waals surface area contributed by atoms with Gasteiger partial charge in [-0.15, -0.1) is 0 Å². The summed E-state index contributed by atoms with van der Waals surface area (Å²) >= 11 is 0. The first-order valence-electron chi connectivity index (χ1n) is 3.07. The molecule has 0 bridgehead atoms. The molecule has 1 heterocycles. The summed E-state index contributed by atoms with van der Waals surface area (Å²) in [7, 11) is 0. The quantitative estimate of drug-likeness (QED) is 0.483. The van der Waals surface area contributed by atoms with Gasteiger partial charge < -0.3 is 5.32 Å². The van der Waals surface area contributed by atoms with Crippen LogP contribution in [0.1, 0.15) is 6.42 Å². The molecular weight excluding hydrogens is 98.1 g/mol. The third-order valence-electron chi connectivity index (χ3n) is 1.79. The summed E-state index contributed by atoms with van der Waals surface area (Å²) in [5.74, 6) is 0. The third kappa shape index (κ3) is 0.450. The summed E-state index contributed by atoms with van der Waals surface area (Å²) in [5, 5.41) is 3.36. The minimum Gasteiger partial charge on any atom is -0.307 e. The van der Waals surface area contributed by atoms with Gasteiger partial charge in [-0.2, -0.15) is 0 Å². The molecule has 1 aliphatic heterocycles. The van der Waals surface area contributed by atoms with Gasteiger partial charge in [0.2, 0.25) is 0 Å². The molecule has 42 valence electrons. The van der Waals surface area contributed by atoms with Gasteiger partial charge in [0, 0.05) is 6.04 Å². The molecular formula is C7H9N. The largest absolute Gasteiger partial charge is 0.307 e. The van der Waals surface area contributed by atoms with Crippen LogP contribution in [0.25, 0.3) is 0 Å². The summed E-state index contributed by atoms with van der Waals surface area (Å²) < 4.78 is 0. The standard InChI is InChI=1S/C7H9N/c1-2-6-4-5-8-7(6)3-1/h1-3,7-8H,4-5H2. The molecule has 1 nitrogen and oxygen atoms in total. The highest BCUT2D eigenvalue weighted by molar-refractivity contribution is 5.33. The summed E-state index contributed by atoms with van der Waals surface area (Å²) in [6.45, 7) is 1.17. The maximum Gasteiger partial charge on any atom is 0.0472 e. The zero-order chi connectivity index (χ0) is 5.40. The number of fused-ring (bicyclic) bond motifs is 1. The van der Waals surface area contributed by atoms with Crippen LogP contribution in [-0.4, -0.2) is 12.6 Å². The van der Waals surface area contributed by atoms with Crippen LogP contribution in [0.3, 0.4) is 0 Å². The molecule has 8 heavy (non-hydrogen) atoms. The third-order valence-corrected chi connectivity index (χ3v) is 1.79. The lowest BCUT2D eigenvalue weighted by atomic mass is 10.2. The van der Waals surface area contributed by atoms with Gasteiger partial charge in [0.05, 0.1) is 0 Å². The Kier molecular flexibility index (Phi) is 0.788. The molecule has 1 aliphatic carbocycles.